The third-order valence-electron chi connectivity index (χ3n) is 2.85. The Labute approximate surface area is 100 Å². The van der Waals surface area contributed by atoms with Crippen LogP contribution in [0, 0.1) is 11.3 Å². The zero-order chi connectivity index (χ0) is 12.1. The molecule has 1 atom stereocenters. The van der Waals surface area contributed by atoms with Gasteiger partial charge in [-0.1, -0.05) is 30.3 Å². The van der Waals surface area contributed by atoms with Gasteiger partial charge in [0, 0.05) is 13.0 Å². The summed E-state index contributed by atoms with van der Waals surface area (Å²) in [6, 6.07) is 11.9. The molecule has 1 amide bonds. The minimum absolute atomic E-state index is 0.0117. The fourth-order valence-corrected chi connectivity index (χ4v) is 1.98. The fraction of sp³-hybridized carbons (Fsp3) is 0.385. The van der Waals surface area contributed by atoms with Crippen LogP contribution in [0.2, 0.25) is 0 Å². The summed E-state index contributed by atoms with van der Waals surface area (Å²) in [5.74, 6) is 0. The van der Waals surface area contributed by atoms with Crippen molar-refractivity contribution in [2.45, 2.75) is 18.9 Å². The highest BCUT2D eigenvalue weighted by molar-refractivity contribution is 5.70. The molecule has 0 N–H and O–H groups in total. The van der Waals surface area contributed by atoms with Gasteiger partial charge < -0.3 is 4.74 Å². The van der Waals surface area contributed by atoms with Crippen LogP contribution in [0.5, 0.6) is 0 Å². The van der Waals surface area contributed by atoms with Crippen molar-refractivity contribution >= 4 is 6.09 Å². The number of hydrogen-bond acceptors (Lipinski definition) is 3. The summed E-state index contributed by atoms with van der Waals surface area (Å²) in [6.07, 6.45) is 0.872. The summed E-state index contributed by atoms with van der Waals surface area (Å²) < 4.78 is 5.07. The van der Waals surface area contributed by atoms with E-state index in [2.05, 4.69) is 6.07 Å². The van der Waals surface area contributed by atoms with Gasteiger partial charge in [-0.25, -0.2) is 4.79 Å². The minimum atomic E-state index is -0.281. The van der Waals surface area contributed by atoms with Crippen LogP contribution in [-0.2, 0) is 4.74 Å². The van der Waals surface area contributed by atoms with Gasteiger partial charge in [-0.3, -0.25) is 4.90 Å². The molecule has 0 aromatic heterocycles. The highest BCUT2D eigenvalue weighted by Crippen LogP contribution is 2.27. The second kappa shape index (κ2) is 5.35. The van der Waals surface area contributed by atoms with E-state index in [4.69, 9.17) is 10.00 Å². The lowest BCUT2D eigenvalue weighted by atomic mass is 10.1. The standard InChI is InChI=1S/C13H14N2O2/c14-8-4-5-9-15-12(10-17-13(15)16)11-6-2-1-3-7-11/h1-3,6-7,12H,4-5,9-10H2/t12-/m0/s1. The van der Waals surface area contributed by atoms with Crippen molar-refractivity contribution in [3.63, 3.8) is 0 Å². The summed E-state index contributed by atoms with van der Waals surface area (Å²) in [7, 11) is 0. The van der Waals surface area contributed by atoms with Crippen LogP contribution in [0.3, 0.4) is 0 Å². The van der Waals surface area contributed by atoms with E-state index in [9.17, 15) is 4.79 Å². The van der Waals surface area contributed by atoms with Crippen LogP contribution in [-0.4, -0.2) is 24.1 Å². The van der Waals surface area contributed by atoms with Gasteiger partial charge in [-0.2, -0.15) is 5.26 Å². The van der Waals surface area contributed by atoms with Gasteiger partial charge in [0.25, 0.3) is 0 Å². The predicted octanol–water partition coefficient (Wildman–Crippen LogP) is 2.48. The van der Waals surface area contributed by atoms with Crippen LogP contribution in [0.25, 0.3) is 0 Å². The van der Waals surface area contributed by atoms with E-state index in [1.54, 1.807) is 4.90 Å². The normalized spacial score (nSPS) is 18.9. The van der Waals surface area contributed by atoms with Crippen LogP contribution in [0.15, 0.2) is 30.3 Å². The van der Waals surface area contributed by atoms with Gasteiger partial charge in [0.15, 0.2) is 0 Å². The summed E-state index contributed by atoms with van der Waals surface area (Å²) in [5.41, 5.74) is 1.08. The molecular weight excluding hydrogens is 216 g/mol. The summed E-state index contributed by atoms with van der Waals surface area (Å²) in [4.78, 5) is 13.3. The smallest absolute Gasteiger partial charge is 0.410 e. The highest BCUT2D eigenvalue weighted by Gasteiger charge is 2.33. The summed E-state index contributed by atoms with van der Waals surface area (Å²) in [5, 5.41) is 8.50. The number of ether oxygens (including phenoxy) is 1. The number of nitrogens with zero attached hydrogens (tertiary/aromatic N) is 2. The van der Waals surface area contributed by atoms with E-state index in [0.717, 1.165) is 5.56 Å². The quantitative estimate of drug-likeness (QED) is 0.747. The van der Waals surface area contributed by atoms with Gasteiger partial charge in [-0.05, 0) is 12.0 Å². The van der Waals surface area contributed by atoms with Gasteiger partial charge in [0.05, 0.1) is 12.1 Å². The molecule has 4 heteroatoms. The monoisotopic (exact) mass is 230 g/mol. The van der Waals surface area contributed by atoms with Crippen molar-refractivity contribution in [3.05, 3.63) is 35.9 Å². The Morgan fingerprint density at radius 3 is 2.88 bits per heavy atom. The molecule has 0 radical (unpaired) electrons. The molecule has 17 heavy (non-hydrogen) atoms. The van der Waals surface area contributed by atoms with E-state index in [-0.39, 0.29) is 12.1 Å². The Bertz CT molecular complexity index is 425. The SMILES string of the molecule is N#CCCCN1C(=O)OC[C@H]1c1ccccc1. The lowest BCUT2D eigenvalue weighted by molar-refractivity contribution is 0.157. The molecule has 0 spiro atoms. The molecule has 1 aromatic rings. The molecule has 0 aliphatic carbocycles. The Balaban J connectivity index is 2.06. The van der Waals surface area contributed by atoms with Crippen molar-refractivity contribution in [3.8, 4) is 6.07 Å². The van der Waals surface area contributed by atoms with E-state index in [1.807, 2.05) is 30.3 Å². The number of unbranched alkanes of at least 4 members (excludes halogenated alkanes) is 1. The van der Waals surface area contributed by atoms with Crippen LogP contribution in [0.1, 0.15) is 24.4 Å². The van der Waals surface area contributed by atoms with Crippen molar-refractivity contribution in [1.29, 1.82) is 5.26 Å². The van der Waals surface area contributed by atoms with Crippen molar-refractivity contribution in [2.24, 2.45) is 0 Å². The van der Waals surface area contributed by atoms with E-state index in [1.165, 1.54) is 0 Å². The number of nitriles is 1. The third kappa shape index (κ3) is 2.56. The Morgan fingerprint density at radius 2 is 2.18 bits per heavy atom. The first-order valence-corrected chi connectivity index (χ1v) is 5.68. The Kier molecular flexibility index (Phi) is 3.61. The van der Waals surface area contributed by atoms with Gasteiger partial charge in [0.2, 0.25) is 0 Å². The van der Waals surface area contributed by atoms with Crippen LogP contribution >= 0.6 is 0 Å². The average molecular weight is 230 g/mol. The molecule has 1 aliphatic heterocycles. The highest BCUT2D eigenvalue weighted by atomic mass is 16.6. The number of hydrogen-bond donors (Lipinski definition) is 0. The lowest BCUT2D eigenvalue weighted by Gasteiger charge is -2.21. The Hall–Kier alpha value is -2.02. The fourth-order valence-electron chi connectivity index (χ4n) is 1.98. The number of cyclic esters (lactones) is 1. The zero-order valence-corrected chi connectivity index (χ0v) is 9.50. The van der Waals surface area contributed by atoms with E-state index >= 15 is 0 Å². The molecule has 2 rings (SSSR count). The first kappa shape index (κ1) is 11.5. The van der Waals surface area contributed by atoms with Crippen molar-refractivity contribution < 1.29 is 9.53 Å². The number of amides is 1. The predicted molar refractivity (Wildman–Crippen MR) is 62.1 cm³/mol. The minimum Gasteiger partial charge on any atom is -0.447 e. The molecule has 1 fully saturated rings. The Morgan fingerprint density at radius 1 is 1.41 bits per heavy atom. The summed E-state index contributed by atoms with van der Waals surface area (Å²) in [6.45, 7) is 0.974. The largest absolute Gasteiger partial charge is 0.447 e. The molecule has 4 nitrogen and oxygen atoms in total. The first-order chi connectivity index (χ1) is 8.33. The molecule has 0 saturated carbocycles. The topological polar surface area (TPSA) is 53.3 Å². The average Bonchev–Trinajstić information content (AvgIpc) is 2.73. The maximum atomic E-state index is 11.6. The number of carbonyl (C=O) groups excluding carboxylic acids is 1. The molecule has 1 aliphatic rings. The number of benzene rings is 1. The number of rotatable bonds is 4. The van der Waals surface area contributed by atoms with Crippen LogP contribution < -0.4 is 0 Å². The van der Waals surface area contributed by atoms with Crippen LogP contribution in [0.4, 0.5) is 4.79 Å². The first-order valence-electron chi connectivity index (χ1n) is 5.68. The third-order valence-corrected chi connectivity index (χ3v) is 2.85. The zero-order valence-electron chi connectivity index (χ0n) is 9.50. The number of carbonyl (C=O) groups is 1. The molecule has 88 valence electrons. The summed E-state index contributed by atoms with van der Waals surface area (Å²) >= 11 is 0. The molecular formula is C13H14N2O2. The van der Waals surface area contributed by atoms with Gasteiger partial charge >= 0.3 is 6.09 Å². The molecule has 0 unspecified atom stereocenters. The van der Waals surface area contributed by atoms with Gasteiger partial charge in [-0.15, -0.1) is 0 Å². The molecule has 0 bridgehead atoms. The molecule has 1 heterocycles. The van der Waals surface area contributed by atoms with E-state index < -0.39 is 0 Å². The molecule has 1 saturated heterocycles. The van der Waals surface area contributed by atoms with Crippen molar-refractivity contribution in [1.82, 2.24) is 4.90 Å². The molecule has 1 aromatic carbocycles. The van der Waals surface area contributed by atoms with Crippen molar-refractivity contribution in [2.75, 3.05) is 13.2 Å². The van der Waals surface area contributed by atoms with Gasteiger partial charge in [0.1, 0.15) is 6.61 Å². The van der Waals surface area contributed by atoms with E-state index in [0.29, 0.717) is 26.0 Å². The maximum Gasteiger partial charge on any atom is 0.410 e. The maximum absolute atomic E-state index is 11.6. The second-order valence-electron chi connectivity index (χ2n) is 3.96. The second-order valence-corrected chi connectivity index (χ2v) is 3.96. The lowest BCUT2D eigenvalue weighted by Crippen LogP contribution is -2.28.